The number of rotatable bonds is 4. The molecule has 132 valence electrons. The van der Waals surface area contributed by atoms with Gasteiger partial charge in [0.15, 0.2) is 0 Å². The molecule has 2 amide bonds. The minimum absolute atomic E-state index is 0.0452. The lowest BCUT2D eigenvalue weighted by Crippen LogP contribution is -2.37. The van der Waals surface area contributed by atoms with Crippen LogP contribution < -0.4 is 0 Å². The summed E-state index contributed by atoms with van der Waals surface area (Å²) in [5, 5.41) is 0. The Hall–Kier alpha value is -2.56. The largest absolute Gasteiger partial charge is 0.341 e. The average molecular weight is 339 g/mol. The summed E-state index contributed by atoms with van der Waals surface area (Å²) in [6, 6.07) is 11.6. The van der Waals surface area contributed by atoms with Gasteiger partial charge in [-0.05, 0) is 49.2 Å². The topological polar surface area (TPSA) is 45.6 Å². The van der Waals surface area contributed by atoms with Crippen molar-refractivity contribution in [3.05, 3.63) is 54.4 Å². The van der Waals surface area contributed by atoms with Gasteiger partial charge >= 0.3 is 0 Å². The van der Waals surface area contributed by atoms with E-state index in [-0.39, 0.29) is 11.8 Å². The molecule has 0 saturated carbocycles. The van der Waals surface area contributed by atoms with Gasteiger partial charge in [0.25, 0.3) is 5.91 Å². The smallest absolute Gasteiger partial charge is 0.253 e. The zero-order valence-corrected chi connectivity index (χ0v) is 14.7. The van der Waals surface area contributed by atoms with E-state index < -0.39 is 0 Å². The summed E-state index contributed by atoms with van der Waals surface area (Å²) in [5.41, 5.74) is 1.73. The van der Waals surface area contributed by atoms with Gasteiger partial charge in [0.1, 0.15) is 0 Å². The van der Waals surface area contributed by atoms with Gasteiger partial charge in [-0.15, -0.1) is 0 Å². The standard InChI is InChI=1S/C20H25N3O2/c1-2-6-19(24)22-13-5-14-23(16-15-22)20(25)17-7-9-18(10-8-17)21-11-3-4-12-21/h3-4,7-12H,2,5-6,13-16H2,1H3. The highest BCUT2D eigenvalue weighted by atomic mass is 16.2. The zero-order valence-electron chi connectivity index (χ0n) is 14.7. The maximum atomic E-state index is 12.8. The van der Waals surface area contributed by atoms with Crippen molar-refractivity contribution in [1.82, 2.24) is 14.4 Å². The molecule has 2 aromatic rings. The second-order valence-electron chi connectivity index (χ2n) is 6.41. The van der Waals surface area contributed by atoms with Crippen LogP contribution in [0.25, 0.3) is 5.69 Å². The molecular formula is C20H25N3O2. The number of aromatic nitrogens is 1. The fourth-order valence-electron chi connectivity index (χ4n) is 3.21. The molecule has 5 nitrogen and oxygen atoms in total. The molecule has 0 N–H and O–H groups in total. The van der Waals surface area contributed by atoms with Crippen LogP contribution in [-0.4, -0.2) is 52.4 Å². The third-order valence-electron chi connectivity index (χ3n) is 4.62. The van der Waals surface area contributed by atoms with E-state index in [2.05, 4.69) is 0 Å². The molecule has 25 heavy (non-hydrogen) atoms. The summed E-state index contributed by atoms with van der Waals surface area (Å²) in [6.07, 6.45) is 6.25. The molecule has 1 saturated heterocycles. The van der Waals surface area contributed by atoms with E-state index in [4.69, 9.17) is 0 Å². The monoisotopic (exact) mass is 339 g/mol. The highest BCUT2D eigenvalue weighted by Crippen LogP contribution is 2.14. The van der Waals surface area contributed by atoms with Gasteiger partial charge < -0.3 is 14.4 Å². The van der Waals surface area contributed by atoms with Crippen molar-refractivity contribution in [2.45, 2.75) is 26.2 Å². The minimum Gasteiger partial charge on any atom is -0.341 e. The molecule has 0 aliphatic carbocycles. The first-order chi connectivity index (χ1) is 12.2. The van der Waals surface area contributed by atoms with Crippen LogP contribution in [0, 0.1) is 0 Å². The van der Waals surface area contributed by atoms with E-state index in [0.29, 0.717) is 31.6 Å². The SMILES string of the molecule is CCCC(=O)N1CCCN(C(=O)c2ccc(-n3cccc3)cc2)CC1. The van der Waals surface area contributed by atoms with Crippen LogP contribution in [0.4, 0.5) is 0 Å². The molecule has 1 fully saturated rings. The number of carbonyl (C=O) groups excluding carboxylic acids is 2. The van der Waals surface area contributed by atoms with E-state index in [9.17, 15) is 9.59 Å². The molecule has 0 radical (unpaired) electrons. The molecule has 1 aromatic carbocycles. The molecule has 5 heteroatoms. The van der Waals surface area contributed by atoms with Crippen molar-refractivity contribution >= 4 is 11.8 Å². The van der Waals surface area contributed by atoms with Crippen molar-refractivity contribution in [1.29, 1.82) is 0 Å². The van der Waals surface area contributed by atoms with Crippen LogP contribution in [0.2, 0.25) is 0 Å². The highest BCUT2D eigenvalue weighted by Gasteiger charge is 2.22. The first kappa shape index (κ1) is 17.3. The lowest BCUT2D eigenvalue weighted by atomic mass is 10.1. The summed E-state index contributed by atoms with van der Waals surface area (Å²) in [7, 11) is 0. The first-order valence-electron chi connectivity index (χ1n) is 8.99. The first-order valence-corrected chi connectivity index (χ1v) is 8.99. The predicted octanol–water partition coefficient (Wildman–Crippen LogP) is 2.95. The maximum absolute atomic E-state index is 12.8. The summed E-state index contributed by atoms with van der Waals surface area (Å²) < 4.78 is 2.01. The van der Waals surface area contributed by atoms with Gasteiger partial charge in [-0.25, -0.2) is 0 Å². The summed E-state index contributed by atoms with van der Waals surface area (Å²) in [6.45, 7) is 4.70. The number of hydrogen-bond acceptors (Lipinski definition) is 2. The lowest BCUT2D eigenvalue weighted by molar-refractivity contribution is -0.131. The molecule has 3 rings (SSSR count). The Bertz CT molecular complexity index is 707. The molecule has 0 spiro atoms. The van der Waals surface area contributed by atoms with Crippen LogP contribution in [-0.2, 0) is 4.79 Å². The van der Waals surface area contributed by atoms with E-state index in [1.54, 1.807) is 0 Å². The Balaban J connectivity index is 1.64. The molecule has 0 bridgehead atoms. The Kier molecular flexibility index (Phi) is 5.53. The molecular weight excluding hydrogens is 314 g/mol. The molecule has 2 heterocycles. The van der Waals surface area contributed by atoms with Gasteiger partial charge in [-0.2, -0.15) is 0 Å². The molecule has 1 aromatic heterocycles. The third-order valence-corrected chi connectivity index (χ3v) is 4.62. The predicted molar refractivity (Wildman–Crippen MR) is 97.8 cm³/mol. The number of carbonyl (C=O) groups is 2. The van der Waals surface area contributed by atoms with Gasteiger partial charge in [0.2, 0.25) is 5.91 Å². The van der Waals surface area contributed by atoms with Crippen LogP contribution in [0.3, 0.4) is 0 Å². The quantitative estimate of drug-likeness (QED) is 0.860. The Morgan fingerprint density at radius 1 is 0.920 bits per heavy atom. The van der Waals surface area contributed by atoms with Gasteiger partial charge in [0, 0.05) is 56.2 Å². The van der Waals surface area contributed by atoms with Gasteiger partial charge in [-0.1, -0.05) is 6.92 Å². The lowest BCUT2D eigenvalue weighted by Gasteiger charge is -2.22. The Labute approximate surface area is 148 Å². The van der Waals surface area contributed by atoms with Gasteiger partial charge in [-0.3, -0.25) is 9.59 Å². The molecule has 0 unspecified atom stereocenters. The van der Waals surface area contributed by atoms with Crippen LogP contribution in [0.15, 0.2) is 48.8 Å². The van der Waals surface area contributed by atoms with E-state index >= 15 is 0 Å². The van der Waals surface area contributed by atoms with Gasteiger partial charge in [0.05, 0.1) is 0 Å². The van der Waals surface area contributed by atoms with Crippen molar-refractivity contribution in [3.63, 3.8) is 0 Å². The van der Waals surface area contributed by atoms with E-state index in [1.807, 2.05) is 70.1 Å². The Morgan fingerprint density at radius 3 is 2.24 bits per heavy atom. The number of hydrogen-bond donors (Lipinski definition) is 0. The molecule has 1 aliphatic rings. The minimum atomic E-state index is 0.0452. The van der Waals surface area contributed by atoms with Crippen LogP contribution in [0.1, 0.15) is 36.5 Å². The maximum Gasteiger partial charge on any atom is 0.253 e. The zero-order chi connectivity index (χ0) is 17.6. The van der Waals surface area contributed by atoms with Crippen molar-refractivity contribution in [2.24, 2.45) is 0 Å². The number of nitrogens with zero attached hydrogens (tertiary/aromatic N) is 3. The number of amides is 2. The fourth-order valence-corrected chi connectivity index (χ4v) is 3.21. The van der Waals surface area contributed by atoms with Crippen molar-refractivity contribution < 1.29 is 9.59 Å². The summed E-state index contributed by atoms with van der Waals surface area (Å²) in [5.74, 6) is 0.247. The Morgan fingerprint density at radius 2 is 1.56 bits per heavy atom. The van der Waals surface area contributed by atoms with Crippen molar-refractivity contribution in [3.8, 4) is 5.69 Å². The second-order valence-corrected chi connectivity index (χ2v) is 6.41. The highest BCUT2D eigenvalue weighted by molar-refractivity contribution is 5.94. The molecule has 0 atom stereocenters. The van der Waals surface area contributed by atoms with Crippen LogP contribution in [0.5, 0.6) is 0 Å². The van der Waals surface area contributed by atoms with Crippen LogP contribution >= 0.6 is 0 Å². The normalized spacial score (nSPS) is 15.1. The van der Waals surface area contributed by atoms with Crippen molar-refractivity contribution in [2.75, 3.05) is 26.2 Å². The number of benzene rings is 1. The average Bonchev–Trinajstić information content (AvgIpc) is 3.06. The molecule has 1 aliphatic heterocycles. The second kappa shape index (κ2) is 8.01. The summed E-state index contributed by atoms with van der Waals surface area (Å²) >= 11 is 0. The summed E-state index contributed by atoms with van der Waals surface area (Å²) in [4.78, 5) is 28.6. The fraction of sp³-hybridized carbons (Fsp3) is 0.400. The third kappa shape index (κ3) is 4.10. The van der Waals surface area contributed by atoms with E-state index in [1.165, 1.54) is 0 Å². The van der Waals surface area contributed by atoms with E-state index in [0.717, 1.165) is 25.1 Å².